The van der Waals surface area contributed by atoms with Crippen molar-refractivity contribution in [3.63, 3.8) is 0 Å². The standard InChI is InChI=1S/C26H24N2O10S2.C18H20O5S2.2ClH/c27-19(25(33)35-9-13-5-23(31)37-21-7-15(29)1-3-17(13)21)11-39-40-12-20(28)26(34)36-10-14-6-24(32)38-22-8-16(30)2-4-18(14)22;19-13-5-6-15-12(9-18(21)23-16(15)10-13)11-22-17(20)4-2-1-3-14-7-8-24-25-14;;/h1-8,19-20,29-30H,9-12,27-28H2;5-6,9-10,14,19H,1-4,7-8,11H2;2*1H/t19-,20-;14-;;/m00../s1. The molecule has 3 aromatic heterocycles. The highest BCUT2D eigenvalue weighted by Gasteiger charge is 2.21. The van der Waals surface area contributed by atoms with E-state index in [1.165, 1.54) is 88.4 Å². The highest BCUT2D eigenvalue weighted by molar-refractivity contribution is 8.77. The van der Waals surface area contributed by atoms with Gasteiger partial charge in [-0.2, -0.15) is 0 Å². The van der Waals surface area contributed by atoms with Gasteiger partial charge in [-0.05, 0) is 55.7 Å². The third-order valence-corrected chi connectivity index (χ3v) is 15.1. The van der Waals surface area contributed by atoms with Crippen molar-refractivity contribution < 1.29 is 57.2 Å². The van der Waals surface area contributed by atoms with Crippen LogP contribution < -0.4 is 28.3 Å². The largest absolute Gasteiger partial charge is 0.508 e. The number of unbranched alkanes of at least 4 members (excludes halogenated alkanes) is 1. The summed E-state index contributed by atoms with van der Waals surface area (Å²) >= 11 is 0. The summed E-state index contributed by atoms with van der Waals surface area (Å²) in [6, 6.07) is 14.8. The van der Waals surface area contributed by atoms with Crippen molar-refractivity contribution in [1.82, 2.24) is 0 Å². The molecule has 7 N–H and O–H groups in total. The first-order valence-corrected chi connectivity index (χ1v) is 24.9. The zero-order valence-electron chi connectivity index (χ0n) is 35.3. The Hall–Kier alpha value is -5.00. The number of hydrogen-bond acceptors (Lipinski definition) is 21. The van der Waals surface area contributed by atoms with Gasteiger partial charge in [0.15, 0.2) is 0 Å². The minimum atomic E-state index is -0.978. The molecule has 0 aliphatic carbocycles. The van der Waals surface area contributed by atoms with Crippen LogP contribution in [-0.4, -0.2) is 67.8 Å². The second-order valence-electron chi connectivity index (χ2n) is 14.5. The van der Waals surface area contributed by atoms with Gasteiger partial charge in [0.1, 0.15) is 65.9 Å². The van der Waals surface area contributed by atoms with Crippen LogP contribution in [0.25, 0.3) is 32.9 Å². The Bertz CT molecular complexity index is 2710. The van der Waals surface area contributed by atoms with Crippen LogP contribution in [0.2, 0.25) is 0 Å². The Morgan fingerprint density at radius 1 is 0.627 bits per heavy atom. The molecule has 23 heteroatoms. The van der Waals surface area contributed by atoms with Crippen molar-refractivity contribution in [1.29, 1.82) is 0 Å². The van der Waals surface area contributed by atoms with Crippen molar-refractivity contribution in [2.45, 2.75) is 69.3 Å². The van der Waals surface area contributed by atoms with Gasteiger partial charge in [-0.3, -0.25) is 14.4 Å². The normalized spacial score (nSPS) is 14.0. The molecule has 17 nitrogen and oxygen atoms in total. The number of rotatable bonds is 18. The number of aromatic hydroxyl groups is 3. The second kappa shape index (κ2) is 26.5. The maximum absolute atomic E-state index is 12.3. The number of ether oxygens (including phenoxy) is 3. The van der Waals surface area contributed by atoms with E-state index in [1.807, 2.05) is 21.6 Å². The number of halogens is 2. The zero-order valence-corrected chi connectivity index (χ0v) is 40.2. The fourth-order valence-electron chi connectivity index (χ4n) is 6.34. The van der Waals surface area contributed by atoms with E-state index in [0.717, 1.165) is 24.5 Å². The second-order valence-corrected chi connectivity index (χ2v) is 19.9. The SMILES string of the molecule is Cl.Cl.N[C@@H](CSSC[C@H](N)C(=O)OCc1cc(=O)oc2cc(O)ccc12)C(=O)OCc1cc(=O)oc2cc(O)ccc12.O=C(CCCC[C@H]1CCSS1)OCc1cc(=O)oc2cc(O)ccc12. The number of hydrogen-bond donors (Lipinski definition) is 5. The fraction of sp³-hybridized carbons (Fsp3) is 0.318. The lowest BCUT2D eigenvalue weighted by molar-refractivity contribution is -0.146. The van der Waals surface area contributed by atoms with Crippen LogP contribution >= 0.6 is 68.0 Å². The first kappa shape index (κ1) is 54.6. The number of phenols is 3. The van der Waals surface area contributed by atoms with E-state index in [4.69, 9.17) is 38.9 Å². The number of carbonyl (C=O) groups excluding carboxylic acids is 3. The van der Waals surface area contributed by atoms with E-state index in [1.54, 1.807) is 18.2 Å². The van der Waals surface area contributed by atoms with Crippen LogP contribution in [0.3, 0.4) is 0 Å². The Morgan fingerprint density at radius 2 is 1.03 bits per heavy atom. The summed E-state index contributed by atoms with van der Waals surface area (Å²) < 4.78 is 31.0. The highest BCUT2D eigenvalue weighted by atomic mass is 35.5. The lowest BCUT2D eigenvalue weighted by Crippen LogP contribution is -2.35. The van der Waals surface area contributed by atoms with E-state index in [9.17, 15) is 44.1 Å². The summed E-state index contributed by atoms with van der Waals surface area (Å²) in [6.07, 6.45) is 4.67. The third-order valence-electron chi connectivity index (χ3n) is 9.64. The van der Waals surface area contributed by atoms with Gasteiger partial charge in [-0.15, -0.1) is 24.8 Å². The molecule has 1 aliphatic heterocycles. The summed E-state index contributed by atoms with van der Waals surface area (Å²) in [5.74, 6) is -0.212. The quantitative estimate of drug-likeness (QED) is 0.0186. The first-order valence-electron chi connectivity index (χ1n) is 20.0. The predicted octanol–water partition coefficient (Wildman–Crippen LogP) is 7.23. The molecule has 1 fully saturated rings. The third kappa shape index (κ3) is 16.3. The smallest absolute Gasteiger partial charge is 0.336 e. The van der Waals surface area contributed by atoms with Crippen LogP contribution in [0.5, 0.6) is 17.2 Å². The van der Waals surface area contributed by atoms with Gasteiger partial charge in [0.2, 0.25) is 0 Å². The number of benzene rings is 3. The summed E-state index contributed by atoms with van der Waals surface area (Å²) in [5, 5.41) is 31.0. The minimum absolute atomic E-state index is 0. The van der Waals surface area contributed by atoms with Crippen LogP contribution in [0.4, 0.5) is 0 Å². The molecule has 3 aromatic carbocycles. The Morgan fingerprint density at radius 3 is 1.42 bits per heavy atom. The monoisotopic (exact) mass is 1040 g/mol. The molecule has 4 heterocycles. The van der Waals surface area contributed by atoms with Crippen LogP contribution in [-0.2, 0) is 48.4 Å². The molecule has 0 saturated carbocycles. The number of nitrogens with two attached hydrogens (primary N) is 2. The molecule has 1 saturated heterocycles. The van der Waals surface area contributed by atoms with Crippen molar-refractivity contribution in [2.24, 2.45) is 11.5 Å². The molecule has 0 spiro atoms. The number of phenolic OH excluding ortho intramolecular Hbond substituents is 3. The van der Waals surface area contributed by atoms with Gasteiger partial charge in [0.25, 0.3) is 0 Å². The van der Waals surface area contributed by atoms with E-state index in [-0.39, 0.29) is 96.1 Å². The van der Waals surface area contributed by atoms with Crippen LogP contribution in [0, 0.1) is 0 Å². The van der Waals surface area contributed by atoms with E-state index in [0.29, 0.717) is 39.3 Å². The molecule has 1 aliphatic rings. The van der Waals surface area contributed by atoms with E-state index < -0.39 is 40.9 Å². The molecule has 7 rings (SSSR count). The molecular weight excluding hydrogens is 996 g/mol. The molecule has 0 bridgehead atoms. The van der Waals surface area contributed by atoms with Gasteiger partial charge < -0.3 is 54.2 Å². The van der Waals surface area contributed by atoms with Gasteiger partial charge in [-0.1, -0.05) is 49.6 Å². The number of carbonyl (C=O) groups is 3. The Balaban J connectivity index is 0.000000313. The molecule has 6 aromatic rings. The maximum Gasteiger partial charge on any atom is 0.336 e. The molecule has 0 radical (unpaired) electrons. The van der Waals surface area contributed by atoms with Gasteiger partial charge in [0.05, 0.1) is 0 Å². The fourth-order valence-corrected chi connectivity index (χ4v) is 11.6. The maximum atomic E-state index is 12.3. The molecule has 0 amide bonds. The topological polar surface area (TPSA) is 282 Å². The molecule has 3 atom stereocenters. The Kier molecular flexibility index (Phi) is 21.6. The number of esters is 3. The van der Waals surface area contributed by atoms with Crippen molar-refractivity contribution >= 4 is 119 Å². The molecular formula is C44H46Cl2N2O15S4. The van der Waals surface area contributed by atoms with E-state index >= 15 is 0 Å². The van der Waals surface area contributed by atoms with Crippen molar-refractivity contribution in [2.75, 3.05) is 17.3 Å². The van der Waals surface area contributed by atoms with Crippen LogP contribution in [0.1, 0.15) is 48.8 Å². The van der Waals surface area contributed by atoms with E-state index in [2.05, 4.69) is 0 Å². The highest BCUT2D eigenvalue weighted by Crippen LogP contribution is 2.40. The predicted molar refractivity (Wildman–Crippen MR) is 264 cm³/mol. The molecule has 67 heavy (non-hydrogen) atoms. The first-order chi connectivity index (χ1) is 31.2. The molecule has 360 valence electrons. The average Bonchev–Trinajstić information content (AvgIpc) is 3.79. The average molecular weight is 1040 g/mol. The van der Waals surface area contributed by atoms with Crippen molar-refractivity contribution in [3.05, 3.63) is 121 Å². The van der Waals surface area contributed by atoms with Gasteiger partial charge >= 0.3 is 34.8 Å². The summed E-state index contributed by atoms with van der Waals surface area (Å²) in [4.78, 5) is 71.7. The summed E-state index contributed by atoms with van der Waals surface area (Å²) in [5.41, 5.74) is 12.0. The van der Waals surface area contributed by atoms with Gasteiger partial charge in [0, 0.05) is 98.2 Å². The minimum Gasteiger partial charge on any atom is -0.508 e. The van der Waals surface area contributed by atoms with Crippen LogP contribution in [0.15, 0.2) is 100 Å². The molecule has 0 unspecified atom stereocenters. The Labute approximate surface area is 409 Å². The van der Waals surface area contributed by atoms with Crippen molar-refractivity contribution in [3.8, 4) is 17.2 Å². The number of fused-ring (bicyclic) bond motifs is 3. The summed E-state index contributed by atoms with van der Waals surface area (Å²) in [7, 11) is 6.32. The lowest BCUT2D eigenvalue weighted by atomic mass is 10.1. The lowest BCUT2D eigenvalue weighted by Gasteiger charge is -2.13. The summed E-state index contributed by atoms with van der Waals surface area (Å²) in [6.45, 7) is -0.401. The van der Waals surface area contributed by atoms with Gasteiger partial charge in [-0.25, -0.2) is 14.4 Å². The zero-order chi connectivity index (χ0) is 46.5.